The van der Waals surface area contributed by atoms with E-state index in [1.165, 1.54) is 29.5 Å². The fraction of sp³-hybridized carbons (Fsp3) is 0.154. The maximum absolute atomic E-state index is 13.0. The van der Waals surface area contributed by atoms with Gasteiger partial charge in [-0.1, -0.05) is 18.2 Å². The second kappa shape index (κ2) is 5.41. The van der Waals surface area contributed by atoms with Gasteiger partial charge in [0.15, 0.2) is 11.0 Å². The Morgan fingerprint density at radius 3 is 2.64 bits per heavy atom. The molecule has 0 aliphatic carbocycles. The molecular formula is C13H10F3N5S. The maximum Gasteiger partial charge on any atom is 0.417 e. The Kier molecular flexibility index (Phi) is 3.57. The van der Waals surface area contributed by atoms with Crippen LogP contribution in [0.5, 0.6) is 0 Å². The molecule has 0 amide bonds. The fourth-order valence-electron chi connectivity index (χ4n) is 2.00. The minimum Gasteiger partial charge on any atom is -0.375 e. The predicted octanol–water partition coefficient (Wildman–Crippen LogP) is 3.12. The molecule has 2 heterocycles. The number of alkyl halides is 3. The zero-order chi connectivity index (χ0) is 15.7. The molecule has 0 saturated heterocycles. The van der Waals surface area contributed by atoms with Crippen LogP contribution < -0.4 is 5.73 Å². The monoisotopic (exact) mass is 325 g/mol. The summed E-state index contributed by atoms with van der Waals surface area (Å²) in [5.41, 5.74) is 5.40. The molecule has 0 saturated carbocycles. The quantitative estimate of drug-likeness (QED) is 0.775. The van der Waals surface area contributed by atoms with Gasteiger partial charge in [-0.25, -0.2) is 9.97 Å². The van der Waals surface area contributed by atoms with Crippen LogP contribution in [0, 0.1) is 0 Å². The van der Waals surface area contributed by atoms with Crippen molar-refractivity contribution in [1.82, 2.24) is 20.2 Å². The third kappa shape index (κ3) is 2.93. The van der Waals surface area contributed by atoms with Gasteiger partial charge in [0.1, 0.15) is 5.82 Å². The molecule has 114 valence electrons. The number of nitrogen functional groups attached to an aromatic ring is 1. The van der Waals surface area contributed by atoms with Crippen molar-refractivity contribution in [2.24, 2.45) is 0 Å². The van der Waals surface area contributed by atoms with Crippen molar-refractivity contribution >= 4 is 16.5 Å². The van der Waals surface area contributed by atoms with E-state index in [0.717, 1.165) is 6.07 Å². The molecule has 2 aromatic heterocycles. The van der Waals surface area contributed by atoms with Gasteiger partial charge < -0.3 is 5.73 Å². The first-order valence-electron chi connectivity index (χ1n) is 6.21. The van der Waals surface area contributed by atoms with E-state index in [2.05, 4.69) is 20.2 Å². The highest BCUT2D eigenvalue weighted by molar-refractivity contribution is 7.13. The highest BCUT2D eigenvalue weighted by Gasteiger charge is 2.34. The second-order valence-electron chi connectivity index (χ2n) is 4.50. The summed E-state index contributed by atoms with van der Waals surface area (Å²) in [5.74, 6) is 0.434. The number of hydrogen-bond donors (Lipinski definition) is 2. The molecule has 0 aliphatic rings. The molecule has 0 spiro atoms. The number of H-pyrrole nitrogens is 1. The van der Waals surface area contributed by atoms with Crippen molar-refractivity contribution in [1.29, 1.82) is 0 Å². The molecule has 5 nitrogen and oxygen atoms in total. The fourth-order valence-corrected chi connectivity index (χ4v) is 2.56. The molecule has 0 unspecified atom stereocenters. The van der Waals surface area contributed by atoms with Gasteiger partial charge in [-0.2, -0.15) is 18.3 Å². The highest BCUT2D eigenvalue weighted by atomic mass is 32.1. The lowest BCUT2D eigenvalue weighted by Crippen LogP contribution is -2.07. The minimum absolute atomic E-state index is 0.00567. The van der Waals surface area contributed by atoms with Crippen LogP contribution in [0.15, 0.2) is 29.6 Å². The Hall–Kier alpha value is -2.42. The van der Waals surface area contributed by atoms with Gasteiger partial charge >= 0.3 is 6.18 Å². The van der Waals surface area contributed by atoms with E-state index in [4.69, 9.17) is 5.73 Å². The Labute approximate surface area is 127 Å². The van der Waals surface area contributed by atoms with Crippen LogP contribution in [-0.4, -0.2) is 20.2 Å². The van der Waals surface area contributed by atoms with Gasteiger partial charge in [0.25, 0.3) is 0 Å². The Balaban J connectivity index is 1.91. The third-order valence-electron chi connectivity index (χ3n) is 2.92. The smallest absolute Gasteiger partial charge is 0.375 e. The van der Waals surface area contributed by atoms with Crippen LogP contribution in [0.3, 0.4) is 0 Å². The van der Waals surface area contributed by atoms with Crippen LogP contribution >= 0.6 is 11.3 Å². The summed E-state index contributed by atoms with van der Waals surface area (Å²) in [6, 6.07) is 5.20. The molecule has 1 aromatic carbocycles. The number of halogens is 3. The summed E-state index contributed by atoms with van der Waals surface area (Å²) in [4.78, 5) is 8.19. The number of nitrogens with one attached hydrogen (secondary N) is 1. The van der Waals surface area contributed by atoms with E-state index < -0.39 is 11.7 Å². The SMILES string of the molecule is Nc1nc(Cc2nc(-c3ccccc3C(F)(F)F)n[nH]2)cs1. The van der Waals surface area contributed by atoms with Crippen LogP contribution in [0.4, 0.5) is 18.3 Å². The first-order valence-corrected chi connectivity index (χ1v) is 7.09. The van der Waals surface area contributed by atoms with Crippen LogP contribution in [-0.2, 0) is 12.6 Å². The van der Waals surface area contributed by atoms with Gasteiger partial charge in [-0.3, -0.25) is 5.10 Å². The van der Waals surface area contributed by atoms with Gasteiger partial charge in [0.05, 0.1) is 17.7 Å². The minimum atomic E-state index is -4.46. The summed E-state index contributed by atoms with van der Waals surface area (Å²) >= 11 is 1.29. The average Bonchev–Trinajstić information content (AvgIpc) is 3.08. The lowest BCUT2D eigenvalue weighted by atomic mass is 10.1. The van der Waals surface area contributed by atoms with E-state index in [1.807, 2.05) is 0 Å². The molecule has 0 atom stereocenters. The molecule has 0 aliphatic heterocycles. The van der Waals surface area contributed by atoms with E-state index in [1.54, 1.807) is 5.38 Å². The second-order valence-corrected chi connectivity index (χ2v) is 5.39. The van der Waals surface area contributed by atoms with Crippen LogP contribution in [0.25, 0.3) is 11.4 Å². The van der Waals surface area contributed by atoms with Crippen molar-refractivity contribution in [2.45, 2.75) is 12.6 Å². The first kappa shape index (κ1) is 14.5. The summed E-state index contributed by atoms with van der Waals surface area (Å²) in [6.45, 7) is 0. The van der Waals surface area contributed by atoms with Crippen LogP contribution in [0.2, 0.25) is 0 Å². The molecule has 0 radical (unpaired) electrons. The van der Waals surface area contributed by atoms with Gasteiger partial charge in [-0.05, 0) is 6.07 Å². The zero-order valence-corrected chi connectivity index (χ0v) is 11.9. The number of hydrogen-bond acceptors (Lipinski definition) is 5. The normalized spacial score (nSPS) is 11.8. The van der Waals surface area contributed by atoms with E-state index >= 15 is 0 Å². The van der Waals surface area contributed by atoms with E-state index in [0.29, 0.717) is 23.1 Å². The van der Waals surface area contributed by atoms with Gasteiger partial charge in [0, 0.05) is 10.9 Å². The van der Waals surface area contributed by atoms with E-state index in [-0.39, 0.29) is 11.4 Å². The van der Waals surface area contributed by atoms with Crippen molar-refractivity contribution < 1.29 is 13.2 Å². The third-order valence-corrected chi connectivity index (χ3v) is 3.65. The lowest BCUT2D eigenvalue weighted by Gasteiger charge is -2.09. The molecule has 3 rings (SSSR count). The molecule has 0 bridgehead atoms. The van der Waals surface area contributed by atoms with Gasteiger partial charge in [0.2, 0.25) is 0 Å². The number of rotatable bonds is 3. The average molecular weight is 325 g/mol. The molecule has 22 heavy (non-hydrogen) atoms. The molecule has 0 fully saturated rings. The molecule has 9 heteroatoms. The van der Waals surface area contributed by atoms with Crippen molar-refractivity contribution in [3.63, 3.8) is 0 Å². The Morgan fingerprint density at radius 1 is 1.18 bits per heavy atom. The molecular weight excluding hydrogens is 315 g/mol. The molecule has 3 N–H and O–H groups in total. The highest BCUT2D eigenvalue weighted by Crippen LogP contribution is 2.35. The largest absolute Gasteiger partial charge is 0.417 e. The van der Waals surface area contributed by atoms with E-state index in [9.17, 15) is 13.2 Å². The van der Waals surface area contributed by atoms with Crippen molar-refractivity contribution in [2.75, 3.05) is 5.73 Å². The number of nitrogens with zero attached hydrogens (tertiary/aromatic N) is 3. The zero-order valence-electron chi connectivity index (χ0n) is 11.1. The number of thiazole rings is 1. The predicted molar refractivity (Wildman–Crippen MR) is 76.2 cm³/mol. The topological polar surface area (TPSA) is 80.5 Å². The number of aromatic nitrogens is 4. The molecule has 3 aromatic rings. The van der Waals surface area contributed by atoms with Gasteiger partial charge in [-0.15, -0.1) is 11.3 Å². The number of benzene rings is 1. The lowest BCUT2D eigenvalue weighted by molar-refractivity contribution is -0.137. The first-order chi connectivity index (χ1) is 10.4. The summed E-state index contributed by atoms with van der Waals surface area (Å²) < 4.78 is 39.0. The standard InChI is InChI=1S/C13H10F3N5S/c14-13(15,16)9-4-2-1-3-8(9)11-19-10(20-21-11)5-7-6-22-12(17)18-7/h1-4,6H,5H2,(H2,17,18)(H,19,20,21). The van der Waals surface area contributed by atoms with Crippen molar-refractivity contribution in [3.8, 4) is 11.4 Å². The van der Waals surface area contributed by atoms with Crippen molar-refractivity contribution in [3.05, 3.63) is 46.7 Å². The summed E-state index contributed by atoms with van der Waals surface area (Å²) in [6.07, 6.45) is -4.13. The number of aromatic amines is 1. The Morgan fingerprint density at radius 2 is 1.95 bits per heavy atom. The Bertz CT molecular complexity index is 793. The van der Waals surface area contributed by atoms with Crippen LogP contribution in [0.1, 0.15) is 17.1 Å². The summed E-state index contributed by atoms with van der Waals surface area (Å²) in [5, 5.41) is 8.70. The maximum atomic E-state index is 13.0. The number of nitrogens with two attached hydrogens (primary N) is 1. The summed E-state index contributed by atoms with van der Waals surface area (Å²) in [7, 11) is 0. The number of anilines is 1.